The van der Waals surface area contributed by atoms with Gasteiger partial charge in [0.1, 0.15) is 5.84 Å². The predicted molar refractivity (Wildman–Crippen MR) is 78.7 cm³/mol. The molecule has 0 bridgehead atoms. The molecule has 1 aromatic carbocycles. The number of nitrogens with one attached hydrogen (secondary N) is 1. The summed E-state index contributed by atoms with van der Waals surface area (Å²) in [7, 11) is 0. The third kappa shape index (κ3) is 2.66. The van der Waals surface area contributed by atoms with Crippen molar-refractivity contribution in [1.29, 1.82) is 0 Å². The number of aliphatic imine (C=N–C) groups is 1. The molecule has 0 amide bonds. The molecular formula is C15H23N3. The second kappa shape index (κ2) is 5.42. The highest BCUT2D eigenvalue weighted by atomic mass is 15.2. The molecule has 0 saturated heterocycles. The number of benzene rings is 1. The molecule has 18 heavy (non-hydrogen) atoms. The molecule has 0 fully saturated rings. The van der Waals surface area contributed by atoms with Crippen LogP contribution in [0.1, 0.15) is 25.0 Å². The first kappa shape index (κ1) is 12.9. The van der Waals surface area contributed by atoms with Crippen LogP contribution in [0.3, 0.4) is 0 Å². The molecule has 0 spiro atoms. The lowest BCUT2D eigenvalue weighted by Gasteiger charge is -2.31. The van der Waals surface area contributed by atoms with Gasteiger partial charge >= 0.3 is 0 Å². The van der Waals surface area contributed by atoms with E-state index in [1.54, 1.807) is 0 Å². The fourth-order valence-electron chi connectivity index (χ4n) is 2.31. The molecule has 3 nitrogen and oxygen atoms in total. The van der Waals surface area contributed by atoms with Crippen molar-refractivity contribution in [2.45, 2.75) is 33.7 Å². The second-order valence-corrected chi connectivity index (χ2v) is 5.20. The van der Waals surface area contributed by atoms with Crippen LogP contribution in [0.5, 0.6) is 0 Å². The molecule has 98 valence electrons. The summed E-state index contributed by atoms with van der Waals surface area (Å²) >= 11 is 0. The standard InChI is InChI=1S/C15H23N3/c1-11(2)18(10-15-16-8-9-17-15)14-7-5-6-12(3)13(14)4/h5-7,11H,8-10H2,1-4H3,(H,16,17). The van der Waals surface area contributed by atoms with Crippen LogP contribution in [0.15, 0.2) is 23.2 Å². The van der Waals surface area contributed by atoms with E-state index < -0.39 is 0 Å². The molecule has 1 aliphatic rings. The zero-order valence-corrected chi connectivity index (χ0v) is 11.8. The Labute approximate surface area is 110 Å². The maximum Gasteiger partial charge on any atom is 0.116 e. The molecule has 2 rings (SSSR count). The monoisotopic (exact) mass is 245 g/mol. The molecule has 0 aliphatic carbocycles. The van der Waals surface area contributed by atoms with Crippen LogP contribution in [0.4, 0.5) is 5.69 Å². The minimum atomic E-state index is 0.468. The van der Waals surface area contributed by atoms with Crippen molar-refractivity contribution < 1.29 is 0 Å². The lowest BCUT2D eigenvalue weighted by atomic mass is 10.1. The summed E-state index contributed by atoms with van der Waals surface area (Å²) in [6, 6.07) is 6.98. The Morgan fingerprint density at radius 2 is 2.11 bits per heavy atom. The highest BCUT2D eigenvalue weighted by Gasteiger charge is 2.17. The molecule has 0 radical (unpaired) electrons. The van der Waals surface area contributed by atoms with Crippen molar-refractivity contribution >= 4 is 11.5 Å². The van der Waals surface area contributed by atoms with Gasteiger partial charge in [0, 0.05) is 18.3 Å². The number of anilines is 1. The Morgan fingerprint density at radius 1 is 1.33 bits per heavy atom. The molecule has 0 atom stereocenters. The van der Waals surface area contributed by atoms with Gasteiger partial charge in [0.05, 0.1) is 13.1 Å². The van der Waals surface area contributed by atoms with Crippen molar-refractivity contribution in [3.63, 3.8) is 0 Å². The number of nitrogens with zero attached hydrogens (tertiary/aromatic N) is 2. The first-order valence-corrected chi connectivity index (χ1v) is 6.69. The molecule has 3 heteroatoms. The zero-order chi connectivity index (χ0) is 13.1. The van der Waals surface area contributed by atoms with Crippen LogP contribution in [0.2, 0.25) is 0 Å². The van der Waals surface area contributed by atoms with Crippen LogP contribution in [0, 0.1) is 13.8 Å². The molecule has 1 aliphatic heterocycles. The summed E-state index contributed by atoms with van der Waals surface area (Å²) in [6.07, 6.45) is 0. The van der Waals surface area contributed by atoms with E-state index in [4.69, 9.17) is 0 Å². The minimum Gasteiger partial charge on any atom is -0.370 e. The summed E-state index contributed by atoms with van der Waals surface area (Å²) in [5, 5.41) is 3.35. The number of rotatable bonds is 4. The first-order chi connectivity index (χ1) is 8.59. The van der Waals surface area contributed by atoms with E-state index in [2.05, 4.69) is 61.1 Å². The van der Waals surface area contributed by atoms with Gasteiger partial charge < -0.3 is 10.2 Å². The van der Waals surface area contributed by atoms with Gasteiger partial charge in [0.25, 0.3) is 0 Å². The smallest absolute Gasteiger partial charge is 0.116 e. The summed E-state index contributed by atoms with van der Waals surface area (Å²) < 4.78 is 0. The summed E-state index contributed by atoms with van der Waals surface area (Å²) in [5.41, 5.74) is 4.03. The van der Waals surface area contributed by atoms with E-state index in [-0.39, 0.29) is 0 Å². The molecule has 1 heterocycles. The molecular weight excluding hydrogens is 222 g/mol. The van der Waals surface area contributed by atoms with Crippen molar-refractivity contribution in [3.05, 3.63) is 29.3 Å². The van der Waals surface area contributed by atoms with E-state index in [9.17, 15) is 0 Å². The molecule has 1 N–H and O–H groups in total. The van der Waals surface area contributed by atoms with Crippen molar-refractivity contribution in [1.82, 2.24) is 5.32 Å². The van der Waals surface area contributed by atoms with Gasteiger partial charge in [-0.3, -0.25) is 4.99 Å². The van der Waals surface area contributed by atoms with Gasteiger partial charge in [0.2, 0.25) is 0 Å². The van der Waals surface area contributed by atoms with Gasteiger partial charge in [0.15, 0.2) is 0 Å². The fourth-order valence-corrected chi connectivity index (χ4v) is 2.31. The van der Waals surface area contributed by atoms with Crippen molar-refractivity contribution in [2.24, 2.45) is 4.99 Å². The van der Waals surface area contributed by atoms with Gasteiger partial charge in [-0.25, -0.2) is 0 Å². The van der Waals surface area contributed by atoms with E-state index in [0.29, 0.717) is 6.04 Å². The number of hydrogen-bond acceptors (Lipinski definition) is 3. The zero-order valence-electron chi connectivity index (χ0n) is 11.8. The lowest BCUT2D eigenvalue weighted by Crippen LogP contribution is -2.39. The quantitative estimate of drug-likeness (QED) is 0.882. The average Bonchev–Trinajstić information content (AvgIpc) is 2.83. The normalized spacial score (nSPS) is 14.6. The van der Waals surface area contributed by atoms with E-state index >= 15 is 0 Å². The maximum absolute atomic E-state index is 4.50. The summed E-state index contributed by atoms with van der Waals surface area (Å²) in [6.45, 7) is 11.6. The van der Waals surface area contributed by atoms with E-state index in [1.165, 1.54) is 16.8 Å². The fraction of sp³-hybridized carbons (Fsp3) is 0.533. The summed E-state index contributed by atoms with van der Waals surface area (Å²) in [4.78, 5) is 6.92. The Bertz CT molecular complexity index is 449. The van der Waals surface area contributed by atoms with Crippen molar-refractivity contribution in [2.75, 3.05) is 24.5 Å². The molecule has 0 unspecified atom stereocenters. The number of amidine groups is 1. The van der Waals surface area contributed by atoms with E-state index in [1.807, 2.05) is 0 Å². The Kier molecular flexibility index (Phi) is 3.90. The minimum absolute atomic E-state index is 0.468. The second-order valence-electron chi connectivity index (χ2n) is 5.20. The van der Waals surface area contributed by atoms with Crippen molar-refractivity contribution in [3.8, 4) is 0 Å². The van der Waals surface area contributed by atoms with Gasteiger partial charge in [-0.1, -0.05) is 12.1 Å². The number of hydrogen-bond donors (Lipinski definition) is 1. The molecule has 0 aromatic heterocycles. The Hall–Kier alpha value is -1.51. The predicted octanol–water partition coefficient (Wildman–Crippen LogP) is 2.52. The third-order valence-corrected chi connectivity index (χ3v) is 3.57. The van der Waals surface area contributed by atoms with Gasteiger partial charge in [-0.2, -0.15) is 0 Å². The van der Waals surface area contributed by atoms with Crippen LogP contribution in [-0.2, 0) is 0 Å². The maximum atomic E-state index is 4.50. The van der Waals surface area contributed by atoms with Crippen LogP contribution < -0.4 is 10.2 Å². The SMILES string of the molecule is Cc1cccc(N(CC2=NCCN2)C(C)C)c1C. The molecule has 1 aromatic rings. The first-order valence-electron chi connectivity index (χ1n) is 6.69. The van der Waals surface area contributed by atoms with Crippen LogP contribution >= 0.6 is 0 Å². The topological polar surface area (TPSA) is 27.6 Å². The highest BCUT2D eigenvalue weighted by molar-refractivity contribution is 5.88. The van der Waals surface area contributed by atoms with Crippen LogP contribution in [-0.4, -0.2) is 31.5 Å². The van der Waals surface area contributed by atoms with Gasteiger partial charge in [-0.15, -0.1) is 0 Å². The average molecular weight is 245 g/mol. The van der Waals surface area contributed by atoms with Gasteiger partial charge in [-0.05, 0) is 44.9 Å². The lowest BCUT2D eigenvalue weighted by molar-refractivity contribution is 0.725. The number of aryl methyl sites for hydroxylation is 1. The highest BCUT2D eigenvalue weighted by Crippen LogP contribution is 2.24. The summed E-state index contributed by atoms with van der Waals surface area (Å²) in [5.74, 6) is 1.12. The Morgan fingerprint density at radius 3 is 2.72 bits per heavy atom. The van der Waals surface area contributed by atoms with E-state index in [0.717, 1.165) is 25.5 Å². The largest absolute Gasteiger partial charge is 0.370 e. The molecule has 0 saturated carbocycles. The third-order valence-electron chi connectivity index (χ3n) is 3.57. The Balaban J connectivity index is 2.26. The van der Waals surface area contributed by atoms with Crippen LogP contribution in [0.25, 0.3) is 0 Å².